The van der Waals surface area contributed by atoms with Crippen molar-refractivity contribution in [2.75, 3.05) is 18.8 Å². The monoisotopic (exact) mass is 238 g/mol. The summed E-state index contributed by atoms with van der Waals surface area (Å²) in [6.45, 7) is 5.39. The molecule has 0 saturated carbocycles. The number of halogens is 1. The number of benzene rings is 1. The van der Waals surface area contributed by atoms with E-state index in [2.05, 4.69) is 0 Å². The first kappa shape index (κ1) is 13.5. The molecule has 4 heteroatoms. The van der Waals surface area contributed by atoms with Crippen molar-refractivity contribution >= 4 is 11.6 Å². The van der Waals surface area contributed by atoms with Crippen LogP contribution in [0.2, 0.25) is 0 Å². The van der Waals surface area contributed by atoms with Crippen LogP contribution in [0.4, 0.5) is 10.1 Å². The molecule has 0 radical (unpaired) electrons. The van der Waals surface area contributed by atoms with Gasteiger partial charge in [0.1, 0.15) is 5.82 Å². The van der Waals surface area contributed by atoms with Crippen LogP contribution >= 0.6 is 0 Å². The predicted octanol–water partition coefficient (Wildman–Crippen LogP) is 2.67. The fourth-order valence-electron chi connectivity index (χ4n) is 1.77. The number of hydrogen-bond donors (Lipinski definition) is 1. The number of amides is 1. The number of rotatable bonds is 5. The Balaban J connectivity index is 2.92. The standard InChI is InChI=1S/C13H19FN2O/c1-3-5-16(6-4-2)13(17)10-7-11(14)9-12(15)8-10/h7-9H,3-6,15H2,1-2H3. The minimum atomic E-state index is -0.471. The van der Waals surface area contributed by atoms with E-state index in [0.717, 1.165) is 12.8 Å². The maximum absolute atomic E-state index is 13.2. The lowest BCUT2D eigenvalue weighted by Crippen LogP contribution is -2.32. The molecule has 2 N–H and O–H groups in total. The van der Waals surface area contributed by atoms with E-state index >= 15 is 0 Å². The van der Waals surface area contributed by atoms with Crippen LogP contribution in [-0.2, 0) is 0 Å². The maximum Gasteiger partial charge on any atom is 0.254 e. The number of nitrogens with zero attached hydrogens (tertiary/aromatic N) is 1. The van der Waals surface area contributed by atoms with E-state index in [1.54, 1.807) is 4.90 Å². The molecule has 0 aromatic heterocycles. The molecule has 17 heavy (non-hydrogen) atoms. The fraction of sp³-hybridized carbons (Fsp3) is 0.462. The van der Waals surface area contributed by atoms with E-state index in [9.17, 15) is 9.18 Å². The molecule has 0 aliphatic heterocycles. The zero-order valence-corrected chi connectivity index (χ0v) is 10.4. The van der Waals surface area contributed by atoms with E-state index < -0.39 is 5.82 Å². The molecule has 0 unspecified atom stereocenters. The van der Waals surface area contributed by atoms with Gasteiger partial charge in [0.05, 0.1) is 0 Å². The first-order valence-corrected chi connectivity index (χ1v) is 5.93. The highest BCUT2D eigenvalue weighted by atomic mass is 19.1. The summed E-state index contributed by atoms with van der Waals surface area (Å²) in [5.41, 5.74) is 6.14. The Morgan fingerprint density at radius 2 is 1.82 bits per heavy atom. The van der Waals surface area contributed by atoms with E-state index in [4.69, 9.17) is 5.73 Å². The van der Waals surface area contributed by atoms with Crippen LogP contribution in [0.3, 0.4) is 0 Å². The predicted molar refractivity (Wildman–Crippen MR) is 67.3 cm³/mol. The van der Waals surface area contributed by atoms with Crippen LogP contribution in [-0.4, -0.2) is 23.9 Å². The van der Waals surface area contributed by atoms with Gasteiger partial charge in [0, 0.05) is 24.3 Å². The van der Waals surface area contributed by atoms with Gasteiger partial charge in [-0.1, -0.05) is 13.8 Å². The Labute approximate surface area is 101 Å². The smallest absolute Gasteiger partial charge is 0.254 e. The van der Waals surface area contributed by atoms with Gasteiger partial charge < -0.3 is 10.6 Å². The maximum atomic E-state index is 13.2. The summed E-state index contributed by atoms with van der Waals surface area (Å²) >= 11 is 0. The van der Waals surface area contributed by atoms with E-state index in [1.807, 2.05) is 13.8 Å². The van der Waals surface area contributed by atoms with Crippen molar-refractivity contribution in [3.8, 4) is 0 Å². The molecule has 0 bridgehead atoms. The van der Waals surface area contributed by atoms with Crippen LogP contribution in [0.5, 0.6) is 0 Å². The molecule has 0 spiro atoms. The first-order chi connectivity index (χ1) is 8.08. The van der Waals surface area contributed by atoms with Crippen LogP contribution < -0.4 is 5.73 Å². The molecule has 3 nitrogen and oxygen atoms in total. The molecule has 0 aliphatic carbocycles. The Hall–Kier alpha value is -1.58. The summed E-state index contributed by atoms with van der Waals surface area (Å²) in [5, 5.41) is 0. The van der Waals surface area contributed by atoms with E-state index in [1.165, 1.54) is 18.2 Å². The van der Waals surface area contributed by atoms with Crippen molar-refractivity contribution in [2.24, 2.45) is 0 Å². The molecule has 1 amide bonds. The molecular formula is C13H19FN2O. The van der Waals surface area contributed by atoms with Gasteiger partial charge in [-0.25, -0.2) is 4.39 Å². The van der Waals surface area contributed by atoms with Crippen molar-refractivity contribution in [1.29, 1.82) is 0 Å². The SMILES string of the molecule is CCCN(CCC)C(=O)c1cc(N)cc(F)c1. The number of nitrogen functional groups attached to an aromatic ring is 1. The van der Waals surface area contributed by atoms with Gasteiger partial charge in [0.15, 0.2) is 0 Å². The van der Waals surface area contributed by atoms with Gasteiger partial charge in [0.25, 0.3) is 5.91 Å². The highest BCUT2D eigenvalue weighted by Gasteiger charge is 2.15. The average Bonchev–Trinajstić information content (AvgIpc) is 2.26. The molecule has 94 valence electrons. The van der Waals surface area contributed by atoms with Gasteiger partial charge >= 0.3 is 0 Å². The molecule has 0 fully saturated rings. The number of carbonyl (C=O) groups is 1. The van der Waals surface area contributed by atoms with Crippen LogP contribution in [0, 0.1) is 5.82 Å². The number of anilines is 1. The van der Waals surface area contributed by atoms with Gasteiger partial charge in [0.2, 0.25) is 0 Å². The highest BCUT2D eigenvalue weighted by Crippen LogP contribution is 2.13. The van der Waals surface area contributed by atoms with Crippen molar-refractivity contribution < 1.29 is 9.18 Å². The zero-order valence-electron chi connectivity index (χ0n) is 10.4. The van der Waals surface area contributed by atoms with Crippen molar-refractivity contribution in [2.45, 2.75) is 26.7 Å². The van der Waals surface area contributed by atoms with E-state index in [-0.39, 0.29) is 11.6 Å². The highest BCUT2D eigenvalue weighted by molar-refractivity contribution is 5.95. The van der Waals surface area contributed by atoms with E-state index in [0.29, 0.717) is 18.7 Å². The lowest BCUT2D eigenvalue weighted by Gasteiger charge is -2.21. The van der Waals surface area contributed by atoms with Gasteiger partial charge in [-0.15, -0.1) is 0 Å². The fourth-order valence-corrected chi connectivity index (χ4v) is 1.77. The lowest BCUT2D eigenvalue weighted by molar-refractivity contribution is 0.0755. The number of nitrogens with two attached hydrogens (primary N) is 1. The molecule has 0 heterocycles. The van der Waals surface area contributed by atoms with Crippen molar-refractivity contribution in [1.82, 2.24) is 4.90 Å². The first-order valence-electron chi connectivity index (χ1n) is 5.93. The van der Waals surface area contributed by atoms with Gasteiger partial charge in [-0.05, 0) is 31.0 Å². The molecule has 0 saturated heterocycles. The average molecular weight is 238 g/mol. The second kappa shape index (κ2) is 6.23. The second-order valence-electron chi connectivity index (χ2n) is 4.07. The van der Waals surface area contributed by atoms with Gasteiger partial charge in [-0.2, -0.15) is 0 Å². The molecular weight excluding hydrogens is 219 g/mol. The van der Waals surface area contributed by atoms with Crippen LogP contribution in [0.15, 0.2) is 18.2 Å². The Kier molecular flexibility index (Phi) is 4.94. The minimum absolute atomic E-state index is 0.153. The molecule has 0 atom stereocenters. The number of carbonyl (C=O) groups excluding carboxylic acids is 1. The van der Waals surface area contributed by atoms with Gasteiger partial charge in [-0.3, -0.25) is 4.79 Å². The minimum Gasteiger partial charge on any atom is -0.399 e. The third-order valence-electron chi connectivity index (χ3n) is 2.44. The summed E-state index contributed by atoms with van der Waals surface area (Å²) in [6, 6.07) is 3.96. The largest absolute Gasteiger partial charge is 0.399 e. The van der Waals surface area contributed by atoms with Crippen molar-refractivity contribution in [3.05, 3.63) is 29.6 Å². The van der Waals surface area contributed by atoms with Crippen molar-refractivity contribution in [3.63, 3.8) is 0 Å². The third-order valence-corrected chi connectivity index (χ3v) is 2.44. The molecule has 0 aliphatic rings. The Morgan fingerprint density at radius 1 is 1.24 bits per heavy atom. The topological polar surface area (TPSA) is 46.3 Å². The normalized spacial score (nSPS) is 10.3. The third kappa shape index (κ3) is 3.73. The summed E-state index contributed by atoms with van der Waals surface area (Å²) in [4.78, 5) is 13.9. The second-order valence-corrected chi connectivity index (χ2v) is 4.07. The Bertz CT molecular complexity index is 367. The summed E-state index contributed by atoms with van der Waals surface area (Å²) < 4.78 is 13.2. The Morgan fingerprint density at radius 3 is 2.29 bits per heavy atom. The molecule has 1 rings (SSSR count). The van der Waals surface area contributed by atoms with Crippen LogP contribution in [0.25, 0.3) is 0 Å². The quantitative estimate of drug-likeness (QED) is 0.802. The number of hydrogen-bond acceptors (Lipinski definition) is 2. The molecule has 1 aromatic carbocycles. The summed E-state index contributed by atoms with van der Waals surface area (Å²) in [5.74, 6) is -0.624. The summed E-state index contributed by atoms with van der Waals surface area (Å²) in [6.07, 6.45) is 1.77. The summed E-state index contributed by atoms with van der Waals surface area (Å²) in [7, 11) is 0. The molecule has 1 aromatic rings. The zero-order chi connectivity index (χ0) is 12.8. The van der Waals surface area contributed by atoms with Crippen LogP contribution in [0.1, 0.15) is 37.0 Å². The lowest BCUT2D eigenvalue weighted by atomic mass is 10.1.